The third kappa shape index (κ3) is 2.42. The minimum absolute atomic E-state index is 0.0625. The minimum Gasteiger partial charge on any atom is -0.324 e. The SMILES string of the molecule is C/C=C(/C(C)=O)C(C)N. The number of nitrogens with two attached hydrogens (primary N) is 1. The number of hydrogen-bond acceptors (Lipinski definition) is 2. The maximum atomic E-state index is 10.7. The van der Waals surface area contributed by atoms with E-state index >= 15 is 0 Å². The summed E-state index contributed by atoms with van der Waals surface area (Å²) in [4.78, 5) is 10.7. The Kier molecular flexibility index (Phi) is 3.17. The molecule has 0 saturated heterocycles. The minimum atomic E-state index is -0.132. The molecule has 0 radical (unpaired) electrons. The monoisotopic (exact) mass is 127 g/mol. The Balaban J connectivity index is 4.19. The number of hydrogen-bond donors (Lipinski definition) is 1. The lowest BCUT2D eigenvalue weighted by molar-refractivity contribution is -0.113. The van der Waals surface area contributed by atoms with Gasteiger partial charge in [0.1, 0.15) is 0 Å². The van der Waals surface area contributed by atoms with Gasteiger partial charge in [0.25, 0.3) is 0 Å². The number of carbonyl (C=O) groups is 1. The summed E-state index contributed by atoms with van der Waals surface area (Å²) in [5, 5.41) is 0. The van der Waals surface area contributed by atoms with Gasteiger partial charge in [-0.2, -0.15) is 0 Å². The Morgan fingerprint density at radius 3 is 2.11 bits per heavy atom. The van der Waals surface area contributed by atoms with E-state index in [9.17, 15) is 4.79 Å². The molecule has 0 aliphatic heterocycles. The molecule has 2 N–H and O–H groups in total. The molecule has 0 aromatic rings. The zero-order chi connectivity index (χ0) is 7.44. The standard InChI is InChI=1S/C7H13NO/c1-4-7(5(2)8)6(3)9/h4-5H,8H2,1-3H3/b7-4+. The molecule has 2 heteroatoms. The highest BCUT2D eigenvalue weighted by atomic mass is 16.1. The van der Waals surface area contributed by atoms with E-state index in [1.807, 2.05) is 6.92 Å². The van der Waals surface area contributed by atoms with Crippen LogP contribution in [0.3, 0.4) is 0 Å². The number of allylic oxidation sites excluding steroid dienone is 1. The summed E-state index contributed by atoms with van der Waals surface area (Å²) in [6, 6.07) is -0.132. The van der Waals surface area contributed by atoms with E-state index < -0.39 is 0 Å². The third-order valence-corrected chi connectivity index (χ3v) is 1.21. The van der Waals surface area contributed by atoms with E-state index in [0.717, 1.165) is 0 Å². The Bertz CT molecular complexity index is 136. The third-order valence-electron chi connectivity index (χ3n) is 1.21. The fourth-order valence-electron chi connectivity index (χ4n) is 0.787. The van der Waals surface area contributed by atoms with Gasteiger partial charge < -0.3 is 5.73 Å². The summed E-state index contributed by atoms with van der Waals surface area (Å²) in [5.74, 6) is 0.0625. The average Bonchev–Trinajstić information content (AvgIpc) is 1.64. The second-order valence-corrected chi connectivity index (χ2v) is 2.09. The van der Waals surface area contributed by atoms with Gasteiger partial charge in [0.05, 0.1) is 0 Å². The van der Waals surface area contributed by atoms with Crippen molar-refractivity contribution in [1.29, 1.82) is 0 Å². The lowest BCUT2D eigenvalue weighted by atomic mass is 10.1. The Hall–Kier alpha value is -0.630. The highest BCUT2D eigenvalue weighted by Gasteiger charge is 2.05. The maximum Gasteiger partial charge on any atom is 0.157 e. The molecule has 52 valence electrons. The van der Waals surface area contributed by atoms with E-state index in [1.165, 1.54) is 6.92 Å². The Morgan fingerprint density at radius 1 is 1.67 bits per heavy atom. The second kappa shape index (κ2) is 3.41. The van der Waals surface area contributed by atoms with Crippen molar-refractivity contribution in [2.45, 2.75) is 26.8 Å². The van der Waals surface area contributed by atoms with Gasteiger partial charge in [-0.05, 0) is 20.8 Å². The largest absolute Gasteiger partial charge is 0.324 e. The molecular formula is C7H13NO. The van der Waals surface area contributed by atoms with Gasteiger partial charge in [0, 0.05) is 11.6 Å². The predicted molar refractivity (Wildman–Crippen MR) is 38.1 cm³/mol. The highest BCUT2D eigenvalue weighted by molar-refractivity contribution is 5.94. The summed E-state index contributed by atoms with van der Waals surface area (Å²) >= 11 is 0. The van der Waals surface area contributed by atoms with Crippen LogP contribution in [0.1, 0.15) is 20.8 Å². The van der Waals surface area contributed by atoms with Crippen LogP contribution in [0.4, 0.5) is 0 Å². The molecule has 1 atom stereocenters. The van der Waals surface area contributed by atoms with Gasteiger partial charge in [-0.3, -0.25) is 4.79 Å². The van der Waals surface area contributed by atoms with Crippen LogP contribution < -0.4 is 5.73 Å². The maximum absolute atomic E-state index is 10.7. The van der Waals surface area contributed by atoms with Crippen LogP contribution in [-0.4, -0.2) is 11.8 Å². The normalized spacial score (nSPS) is 15.3. The van der Waals surface area contributed by atoms with Crippen LogP contribution in [0.5, 0.6) is 0 Å². The summed E-state index contributed by atoms with van der Waals surface area (Å²) in [7, 11) is 0. The lowest BCUT2D eigenvalue weighted by Crippen LogP contribution is -2.22. The number of rotatable bonds is 2. The van der Waals surface area contributed by atoms with Gasteiger partial charge in [-0.15, -0.1) is 0 Å². The van der Waals surface area contributed by atoms with E-state index in [1.54, 1.807) is 13.0 Å². The number of ketones is 1. The van der Waals surface area contributed by atoms with E-state index in [2.05, 4.69) is 0 Å². The van der Waals surface area contributed by atoms with Crippen LogP contribution in [-0.2, 0) is 4.79 Å². The van der Waals surface area contributed by atoms with Crippen molar-refractivity contribution in [3.05, 3.63) is 11.6 Å². The Labute approximate surface area is 55.7 Å². The smallest absolute Gasteiger partial charge is 0.157 e. The molecule has 1 unspecified atom stereocenters. The molecule has 0 fully saturated rings. The first-order valence-electron chi connectivity index (χ1n) is 3.02. The molecule has 0 amide bonds. The first kappa shape index (κ1) is 8.37. The zero-order valence-electron chi connectivity index (χ0n) is 6.14. The molecule has 0 heterocycles. The molecule has 0 saturated carbocycles. The molecule has 0 bridgehead atoms. The average molecular weight is 127 g/mol. The topological polar surface area (TPSA) is 43.1 Å². The van der Waals surface area contributed by atoms with Crippen molar-refractivity contribution in [2.24, 2.45) is 5.73 Å². The van der Waals surface area contributed by atoms with Crippen molar-refractivity contribution in [2.75, 3.05) is 0 Å². The summed E-state index contributed by atoms with van der Waals surface area (Å²) < 4.78 is 0. The van der Waals surface area contributed by atoms with Crippen molar-refractivity contribution in [3.8, 4) is 0 Å². The molecule has 0 aromatic heterocycles. The summed E-state index contributed by atoms with van der Waals surface area (Å²) in [6.45, 7) is 5.15. The molecule has 0 rings (SSSR count). The van der Waals surface area contributed by atoms with Crippen LogP contribution >= 0.6 is 0 Å². The number of Topliss-reactive ketones (excluding diaryl/α,β-unsaturated/α-hetero) is 1. The van der Waals surface area contributed by atoms with Crippen LogP contribution in [0.15, 0.2) is 11.6 Å². The van der Waals surface area contributed by atoms with Crippen molar-refractivity contribution >= 4 is 5.78 Å². The van der Waals surface area contributed by atoms with Crippen molar-refractivity contribution < 1.29 is 4.79 Å². The highest BCUT2D eigenvalue weighted by Crippen LogP contribution is 1.99. The van der Waals surface area contributed by atoms with Crippen molar-refractivity contribution in [3.63, 3.8) is 0 Å². The summed E-state index contributed by atoms with van der Waals surface area (Å²) in [6.07, 6.45) is 1.76. The number of carbonyl (C=O) groups excluding carboxylic acids is 1. The van der Waals surface area contributed by atoms with Crippen LogP contribution in [0.2, 0.25) is 0 Å². The fraction of sp³-hybridized carbons (Fsp3) is 0.571. The molecule has 2 nitrogen and oxygen atoms in total. The first-order valence-corrected chi connectivity index (χ1v) is 3.02. The van der Waals surface area contributed by atoms with Gasteiger partial charge >= 0.3 is 0 Å². The van der Waals surface area contributed by atoms with Gasteiger partial charge in [-0.1, -0.05) is 6.08 Å². The fourth-order valence-corrected chi connectivity index (χ4v) is 0.787. The summed E-state index contributed by atoms with van der Waals surface area (Å²) in [5.41, 5.74) is 6.16. The first-order chi connectivity index (χ1) is 4.09. The second-order valence-electron chi connectivity index (χ2n) is 2.09. The predicted octanol–water partition coefficient (Wildman–Crippen LogP) is 0.869. The van der Waals surface area contributed by atoms with Gasteiger partial charge in [-0.25, -0.2) is 0 Å². The molecular weight excluding hydrogens is 114 g/mol. The zero-order valence-corrected chi connectivity index (χ0v) is 6.14. The van der Waals surface area contributed by atoms with Gasteiger partial charge in [0.15, 0.2) is 5.78 Å². The van der Waals surface area contributed by atoms with Crippen LogP contribution in [0, 0.1) is 0 Å². The molecule has 0 aliphatic rings. The molecule has 0 aromatic carbocycles. The van der Waals surface area contributed by atoms with Crippen molar-refractivity contribution in [1.82, 2.24) is 0 Å². The Morgan fingerprint density at radius 2 is 2.11 bits per heavy atom. The van der Waals surface area contributed by atoms with Crippen LogP contribution in [0.25, 0.3) is 0 Å². The lowest BCUT2D eigenvalue weighted by Gasteiger charge is -2.04. The molecule has 9 heavy (non-hydrogen) atoms. The quantitative estimate of drug-likeness (QED) is 0.559. The molecule has 0 aliphatic carbocycles. The van der Waals surface area contributed by atoms with E-state index in [0.29, 0.717) is 5.57 Å². The van der Waals surface area contributed by atoms with E-state index in [-0.39, 0.29) is 11.8 Å². The molecule has 0 spiro atoms. The van der Waals surface area contributed by atoms with Gasteiger partial charge in [0.2, 0.25) is 0 Å². The van der Waals surface area contributed by atoms with E-state index in [4.69, 9.17) is 5.73 Å².